The van der Waals surface area contributed by atoms with Crippen LogP contribution in [0.25, 0.3) is 0 Å². The lowest BCUT2D eigenvalue weighted by atomic mass is 10.5. The normalized spacial score (nSPS) is 32.4. The van der Waals surface area contributed by atoms with Crippen LogP contribution >= 0.6 is 17.9 Å². The van der Waals surface area contributed by atoms with Gasteiger partial charge in [-0.2, -0.15) is 0 Å². The molecule has 0 radical (unpaired) electrons. The Morgan fingerprint density at radius 3 is 3.00 bits per heavy atom. The summed E-state index contributed by atoms with van der Waals surface area (Å²) in [5.74, 6) is 1.94. The molecule has 1 heterocycles. The predicted octanol–water partition coefficient (Wildman–Crippen LogP) is 2.90. The highest BCUT2D eigenvalue weighted by Gasteiger charge is 2.21. The van der Waals surface area contributed by atoms with Gasteiger partial charge in [0, 0.05) is 17.8 Å². The molecule has 0 saturated carbocycles. The lowest BCUT2D eigenvalue weighted by molar-refractivity contribution is 0.382. The zero-order chi connectivity index (χ0) is 7.61. The molecular formula is C6H10ClOPS. The van der Waals surface area contributed by atoms with Crippen molar-refractivity contribution in [1.82, 2.24) is 0 Å². The third kappa shape index (κ3) is 2.06. The smallest absolute Gasteiger partial charge is 0.0893 e. The average Bonchev–Trinajstić information content (AvgIpc) is 2.12. The van der Waals surface area contributed by atoms with E-state index in [-0.39, 0.29) is 0 Å². The Kier molecular flexibility index (Phi) is 2.93. The van der Waals surface area contributed by atoms with E-state index in [0.29, 0.717) is 6.61 Å². The van der Waals surface area contributed by atoms with Crippen LogP contribution in [0.5, 0.6) is 0 Å². The van der Waals surface area contributed by atoms with E-state index in [2.05, 4.69) is 0 Å². The fourth-order valence-corrected chi connectivity index (χ4v) is 4.65. The maximum Gasteiger partial charge on any atom is 0.0893 e. The third-order valence-corrected chi connectivity index (χ3v) is 5.22. The molecule has 0 N–H and O–H groups in total. The van der Waals surface area contributed by atoms with Gasteiger partial charge in [-0.05, 0) is 19.2 Å². The molecule has 10 heavy (non-hydrogen) atoms. The van der Waals surface area contributed by atoms with E-state index in [4.69, 9.17) is 27.9 Å². The first-order valence-electron chi connectivity index (χ1n) is 3.27. The van der Waals surface area contributed by atoms with Crippen molar-refractivity contribution < 1.29 is 4.52 Å². The molecule has 0 amide bonds. The van der Waals surface area contributed by atoms with Crippen LogP contribution in [0.3, 0.4) is 0 Å². The Balaban J connectivity index is 2.64. The van der Waals surface area contributed by atoms with E-state index < -0.39 is 6.26 Å². The van der Waals surface area contributed by atoms with E-state index in [0.717, 1.165) is 17.6 Å². The Morgan fingerprint density at radius 2 is 2.60 bits per heavy atom. The van der Waals surface area contributed by atoms with Gasteiger partial charge in [0.15, 0.2) is 0 Å². The molecular weight excluding hydrogens is 187 g/mol. The first kappa shape index (κ1) is 8.73. The van der Waals surface area contributed by atoms with Gasteiger partial charge in [0.1, 0.15) is 0 Å². The van der Waals surface area contributed by atoms with Gasteiger partial charge in [-0.3, -0.25) is 0 Å². The molecule has 0 aromatic rings. The maximum atomic E-state index is 5.77. The van der Waals surface area contributed by atoms with Crippen molar-refractivity contribution in [3.8, 4) is 0 Å². The van der Waals surface area contributed by atoms with Crippen LogP contribution < -0.4 is 0 Å². The number of rotatable bonds is 2. The van der Waals surface area contributed by atoms with Gasteiger partial charge in [0.25, 0.3) is 0 Å². The molecule has 4 heteroatoms. The Hall–Kier alpha value is 0.640. The Morgan fingerprint density at radius 1 is 1.90 bits per heavy atom. The largest absolute Gasteiger partial charge is 0.347 e. The topological polar surface area (TPSA) is 9.23 Å². The molecule has 0 aromatic heterocycles. The number of halogens is 1. The summed E-state index contributed by atoms with van der Waals surface area (Å²) in [6.07, 6.45) is 0.282. The zero-order valence-electron chi connectivity index (χ0n) is 5.84. The molecule has 1 aliphatic heterocycles. The second kappa shape index (κ2) is 3.36. The van der Waals surface area contributed by atoms with Crippen molar-refractivity contribution >= 4 is 29.7 Å². The van der Waals surface area contributed by atoms with Gasteiger partial charge >= 0.3 is 0 Å². The molecule has 1 aliphatic rings. The molecule has 0 aliphatic carbocycles. The van der Waals surface area contributed by atoms with Crippen LogP contribution in [0.4, 0.5) is 0 Å². The van der Waals surface area contributed by atoms with Crippen LogP contribution in [0.1, 0.15) is 13.3 Å². The summed E-state index contributed by atoms with van der Waals surface area (Å²) in [7, 11) is 0. The van der Waals surface area contributed by atoms with Crippen LogP contribution in [0.2, 0.25) is 0 Å². The summed E-state index contributed by atoms with van der Waals surface area (Å²) in [6, 6.07) is 0. The molecule has 0 spiro atoms. The van der Waals surface area contributed by atoms with Crippen molar-refractivity contribution in [3.63, 3.8) is 0 Å². The van der Waals surface area contributed by atoms with E-state index in [9.17, 15) is 0 Å². The van der Waals surface area contributed by atoms with Crippen LogP contribution in [0.15, 0.2) is 10.8 Å². The monoisotopic (exact) mass is 196 g/mol. The summed E-state index contributed by atoms with van der Waals surface area (Å²) in [5.41, 5.74) is 0. The minimum atomic E-state index is -1.59. The van der Waals surface area contributed by atoms with E-state index in [1.54, 1.807) is 0 Å². The second-order valence-electron chi connectivity index (χ2n) is 2.19. The fourth-order valence-electron chi connectivity index (χ4n) is 0.926. The fraction of sp³-hybridized carbons (Fsp3) is 0.667. The summed E-state index contributed by atoms with van der Waals surface area (Å²) in [4.78, 5) is 0. The van der Waals surface area contributed by atoms with E-state index >= 15 is 0 Å². The van der Waals surface area contributed by atoms with Crippen molar-refractivity contribution in [3.05, 3.63) is 10.8 Å². The van der Waals surface area contributed by atoms with E-state index in [1.165, 1.54) is 0 Å². The Labute approximate surface area is 71.5 Å². The summed E-state index contributed by atoms with van der Waals surface area (Å²) in [6.45, 7) is 2.67. The van der Waals surface area contributed by atoms with Gasteiger partial charge in [-0.1, -0.05) is 23.4 Å². The number of allylic oxidation sites excluding steroid dienone is 1. The molecule has 1 rings (SSSR count). The standard InChI is InChI=1S/C6H10ClOPS/c1-2-8-9(10)4-3-6(7)5-9/h5H,2-4H2,1H3. The van der Waals surface area contributed by atoms with Crippen LogP contribution in [-0.2, 0) is 16.3 Å². The zero-order valence-corrected chi connectivity index (χ0v) is 8.31. The molecule has 1 atom stereocenters. The van der Waals surface area contributed by atoms with Crippen LogP contribution in [-0.4, -0.2) is 12.8 Å². The molecule has 1 nitrogen and oxygen atoms in total. The molecule has 0 bridgehead atoms. The minimum absolute atomic E-state index is 0.706. The summed E-state index contributed by atoms with van der Waals surface area (Å²) in [5, 5.41) is 0.886. The van der Waals surface area contributed by atoms with Crippen molar-refractivity contribution in [2.24, 2.45) is 0 Å². The molecule has 0 aromatic carbocycles. The minimum Gasteiger partial charge on any atom is -0.347 e. The molecule has 58 valence electrons. The Bertz CT molecular complexity index is 202. The lowest BCUT2D eigenvalue weighted by Crippen LogP contribution is -1.86. The maximum absolute atomic E-state index is 5.77. The molecule has 1 unspecified atom stereocenters. The number of hydrogen-bond acceptors (Lipinski definition) is 2. The molecule has 0 saturated heterocycles. The summed E-state index contributed by atoms with van der Waals surface area (Å²) < 4.78 is 5.43. The van der Waals surface area contributed by atoms with Gasteiger partial charge in [0.05, 0.1) is 6.26 Å². The van der Waals surface area contributed by atoms with Gasteiger partial charge < -0.3 is 4.52 Å². The van der Waals surface area contributed by atoms with Gasteiger partial charge in [-0.25, -0.2) is 0 Å². The summed E-state index contributed by atoms with van der Waals surface area (Å²) >= 11 is 11.0. The quantitative estimate of drug-likeness (QED) is 0.628. The lowest BCUT2D eigenvalue weighted by Gasteiger charge is -2.11. The highest BCUT2D eigenvalue weighted by atomic mass is 35.5. The van der Waals surface area contributed by atoms with Crippen molar-refractivity contribution in [2.45, 2.75) is 13.3 Å². The van der Waals surface area contributed by atoms with Gasteiger partial charge in [0.2, 0.25) is 0 Å². The average molecular weight is 197 g/mol. The first-order chi connectivity index (χ1) is 4.66. The first-order valence-corrected chi connectivity index (χ1v) is 6.62. The highest BCUT2D eigenvalue weighted by molar-refractivity contribution is 8.13. The van der Waals surface area contributed by atoms with Crippen LogP contribution in [0, 0.1) is 0 Å². The van der Waals surface area contributed by atoms with Gasteiger partial charge in [-0.15, -0.1) is 0 Å². The highest BCUT2D eigenvalue weighted by Crippen LogP contribution is 2.55. The third-order valence-electron chi connectivity index (χ3n) is 1.35. The van der Waals surface area contributed by atoms with Crippen molar-refractivity contribution in [1.29, 1.82) is 0 Å². The number of hydrogen-bond donors (Lipinski definition) is 0. The second-order valence-corrected chi connectivity index (χ2v) is 6.95. The van der Waals surface area contributed by atoms with Crippen molar-refractivity contribution in [2.75, 3.05) is 12.8 Å². The van der Waals surface area contributed by atoms with E-state index in [1.807, 2.05) is 12.7 Å². The predicted molar refractivity (Wildman–Crippen MR) is 49.3 cm³/mol. The SMILES string of the molecule is CCOP1(=S)C=C(Cl)CC1. The molecule has 0 fully saturated rings.